The Bertz CT molecular complexity index is 3640. The van der Waals surface area contributed by atoms with Crippen molar-refractivity contribution in [1.82, 2.24) is 9.97 Å². The molecule has 0 aliphatic carbocycles. The molecule has 0 aliphatic rings. The molecule has 3 atom stereocenters. The Balaban J connectivity index is -0.000000215. The predicted octanol–water partition coefficient (Wildman–Crippen LogP) is 30.2. The van der Waals surface area contributed by atoms with E-state index in [2.05, 4.69) is 69.9 Å². The normalized spacial score (nSPS) is 11.5. The van der Waals surface area contributed by atoms with Crippen LogP contribution in [-0.2, 0) is 64.4 Å². The Morgan fingerprint density at radius 3 is 1.12 bits per heavy atom. The molecular weight excluding hydrogens is 1610 g/mol. The first-order valence-electron chi connectivity index (χ1n) is 38.1. The van der Waals surface area contributed by atoms with Gasteiger partial charge >= 0.3 is 12.4 Å². The van der Waals surface area contributed by atoms with E-state index in [9.17, 15) is 55.8 Å². The van der Waals surface area contributed by atoms with Crippen molar-refractivity contribution in [2.45, 2.75) is 330 Å². The fourth-order valence-electron chi connectivity index (χ4n) is 8.18. The number of pyridine rings is 2. The van der Waals surface area contributed by atoms with E-state index in [-0.39, 0.29) is 35.2 Å². The van der Waals surface area contributed by atoms with Crippen LogP contribution in [0.2, 0.25) is 0 Å². The molecule has 3 unspecified atom stereocenters. The number of alkyl halides is 6. The molecule has 27 heteroatoms. The van der Waals surface area contributed by atoms with E-state index >= 15 is 0 Å². The third-order valence-electron chi connectivity index (χ3n) is 13.0. The number of aromatic nitrogens is 2. The summed E-state index contributed by atoms with van der Waals surface area (Å²) in [7, 11) is -9.15. The smallest absolute Gasteiger partial charge is 0.263 e. The van der Waals surface area contributed by atoms with Crippen LogP contribution in [0.5, 0.6) is 0 Å². The van der Waals surface area contributed by atoms with E-state index in [1.54, 1.807) is 62.8 Å². The zero-order valence-electron chi connectivity index (χ0n) is 72.0. The average molecular weight is 1750 g/mol. The van der Waals surface area contributed by atoms with E-state index in [0.717, 1.165) is 64.5 Å². The molecule has 630 valence electrons. The number of hydrogen-bond acceptors (Lipinski definition) is 16. The van der Waals surface area contributed by atoms with E-state index < -0.39 is 74.2 Å². The Hall–Kier alpha value is -2.57. The molecule has 0 fully saturated rings. The molecule has 9 nitrogen and oxygen atoms in total. The number of rotatable bonds is 21. The van der Waals surface area contributed by atoms with E-state index in [0.29, 0.717) is 60.2 Å². The fraction of sp³-hybridized carbons (Fsp3) is 0.630. The molecule has 7 aromatic heterocycles. The van der Waals surface area contributed by atoms with Crippen LogP contribution in [-0.4, -0.2) is 79.7 Å². The van der Waals surface area contributed by atoms with Gasteiger partial charge in [-0.3, -0.25) is 22.6 Å². The van der Waals surface area contributed by atoms with Gasteiger partial charge in [-0.1, -0.05) is 242 Å². The van der Waals surface area contributed by atoms with Crippen molar-refractivity contribution in [3.63, 3.8) is 0 Å². The molecule has 0 aromatic carbocycles. The second-order valence-corrected chi connectivity index (χ2v) is 39.8. The lowest BCUT2D eigenvalue weighted by Gasteiger charge is -2.10. The quantitative estimate of drug-likeness (QED) is 0.0501. The van der Waals surface area contributed by atoms with Crippen LogP contribution in [0.15, 0.2) is 118 Å². The molecule has 0 N–H and O–H groups in total. The summed E-state index contributed by atoms with van der Waals surface area (Å²) in [4.78, 5) is 17.4. The molecule has 0 radical (unpaired) electrons. The third kappa shape index (κ3) is 44.9. The summed E-state index contributed by atoms with van der Waals surface area (Å²) in [5, 5.41) is 6.06. The van der Waals surface area contributed by atoms with Gasteiger partial charge in [0.05, 0.1) is 68.4 Å². The zero-order chi connectivity index (χ0) is 86.2. The van der Waals surface area contributed by atoms with Crippen LogP contribution in [0, 0.1) is 0 Å². The number of thiophene rings is 5. The maximum atomic E-state index is 12.5. The van der Waals surface area contributed by atoms with Crippen LogP contribution in [0.1, 0.15) is 329 Å². The number of sulfone groups is 2. The van der Waals surface area contributed by atoms with Crippen molar-refractivity contribution in [2.24, 2.45) is 0 Å². The van der Waals surface area contributed by atoms with Gasteiger partial charge in [0.2, 0.25) is 0 Å². The van der Waals surface area contributed by atoms with Crippen LogP contribution in [0.25, 0.3) is 0 Å². The second-order valence-electron chi connectivity index (χ2n) is 22.6. The molecule has 0 bridgehead atoms. The van der Waals surface area contributed by atoms with Gasteiger partial charge in [-0.05, 0) is 123 Å². The van der Waals surface area contributed by atoms with Crippen LogP contribution in [0.3, 0.4) is 0 Å². The lowest BCUT2D eigenvalue weighted by Crippen LogP contribution is -2.08. The fourth-order valence-corrected chi connectivity index (χ4v) is 22.0. The van der Waals surface area contributed by atoms with Gasteiger partial charge in [0, 0.05) is 76.2 Å². The minimum absolute atomic E-state index is 0.0356. The summed E-state index contributed by atoms with van der Waals surface area (Å²) >= 11 is 10.1. The summed E-state index contributed by atoms with van der Waals surface area (Å²) in [6.45, 7) is 69.5. The average Bonchev–Trinajstić information content (AvgIpc) is 1.62. The van der Waals surface area contributed by atoms with Crippen LogP contribution in [0.4, 0.5) is 26.3 Å². The highest BCUT2D eigenvalue weighted by Crippen LogP contribution is 2.44. The first kappa shape index (κ1) is 119. The molecule has 108 heavy (non-hydrogen) atoms. The molecular formula is C81H140F6N2O7S12. The van der Waals surface area contributed by atoms with Crippen LogP contribution >= 0.6 is 80.2 Å². The van der Waals surface area contributed by atoms with Crippen molar-refractivity contribution in [3.05, 3.63) is 129 Å². The van der Waals surface area contributed by atoms with Gasteiger partial charge in [-0.2, -0.15) is 26.3 Å². The van der Waals surface area contributed by atoms with Crippen molar-refractivity contribution < 1.29 is 55.8 Å². The highest BCUT2D eigenvalue weighted by atomic mass is 32.2. The number of halogens is 6. The zero-order valence-corrected chi connectivity index (χ0v) is 81.8. The van der Waals surface area contributed by atoms with E-state index in [1.165, 1.54) is 55.8 Å². The summed E-state index contributed by atoms with van der Waals surface area (Å²) in [5.41, 5.74) is 2.00. The summed E-state index contributed by atoms with van der Waals surface area (Å²) in [6, 6.07) is 11.9. The van der Waals surface area contributed by atoms with Gasteiger partial charge < -0.3 is 0 Å². The Morgan fingerprint density at radius 2 is 0.722 bits per heavy atom. The summed E-state index contributed by atoms with van der Waals surface area (Å²) < 4.78 is 156. The minimum atomic E-state index is -4.34. The molecule has 0 aliphatic heterocycles. The molecule has 0 saturated carbocycles. The van der Waals surface area contributed by atoms with E-state index in [4.69, 9.17) is 0 Å². The highest BCUT2D eigenvalue weighted by molar-refractivity contribution is 7.99. The monoisotopic (exact) mass is 1750 g/mol. The summed E-state index contributed by atoms with van der Waals surface area (Å²) in [5.74, 6) is 6.20. The molecule has 0 spiro atoms. The second kappa shape index (κ2) is 66.7. The Morgan fingerprint density at radius 1 is 0.380 bits per heavy atom. The minimum Gasteiger partial charge on any atom is -0.263 e. The van der Waals surface area contributed by atoms with Gasteiger partial charge in [-0.25, -0.2) is 16.8 Å². The largest absolute Gasteiger partial charge is 0.425 e. The number of thioether (sulfide) groups is 2. The molecule has 7 aromatic rings. The lowest BCUT2D eigenvalue weighted by atomic mass is 10.1. The molecule has 7 rings (SSSR count). The Kier molecular flexibility index (Phi) is 73.3. The predicted molar refractivity (Wildman–Crippen MR) is 477 cm³/mol. The Labute approximate surface area is 691 Å². The molecule has 0 saturated heterocycles. The highest BCUT2D eigenvalue weighted by Gasteiger charge is 2.36. The van der Waals surface area contributed by atoms with Crippen molar-refractivity contribution >= 4 is 132 Å². The molecule has 7 heterocycles. The maximum Gasteiger partial charge on any atom is 0.425 e. The SMILES string of the molecule is CC.CC.CC.CC.CC.CC.CC.CCS(=O)(=O)c1ccsc1C(C)C.CCS(=O)(=O)c1cnccc1C(C)C.CCS(=O)c1cc(C(F)(F)F)sc1C(C)C.CCS(=O)c1ccsc1C(C)C.CCS(=O)c1cnccc1C(C)C.CCSc1cc(C(F)(F)F)sc1C(C)C.CCSc1ccsc1C(C)C. The van der Waals surface area contributed by atoms with Gasteiger partial charge in [0.15, 0.2) is 19.7 Å². The van der Waals surface area contributed by atoms with Gasteiger partial charge in [-0.15, -0.1) is 80.2 Å². The first-order chi connectivity index (χ1) is 50.7. The summed E-state index contributed by atoms with van der Waals surface area (Å²) in [6.07, 6.45) is -2.01. The van der Waals surface area contributed by atoms with Crippen molar-refractivity contribution in [3.8, 4) is 0 Å². The lowest BCUT2D eigenvalue weighted by molar-refractivity contribution is -0.135. The topological polar surface area (TPSA) is 145 Å². The van der Waals surface area contributed by atoms with Crippen molar-refractivity contribution in [1.29, 1.82) is 0 Å². The number of nitrogens with zero attached hydrogens (tertiary/aromatic N) is 2. The molecule has 0 amide bonds. The van der Waals surface area contributed by atoms with Crippen LogP contribution < -0.4 is 0 Å². The number of hydrogen-bond donors (Lipinski definition) is 0. The van der Waals surface area contributed by atoms with E-state index in [1.807, 2.05) is 219 Å². The maximum absolute atomic E-state index is 12.5. The van der Waals surface area contributed by atoms with Crippen molar-refractivity contribution in [2.75, 3.05) is 40.3 Å². The third-order valence-corrected chi connectivity index (χ3v) is 29.8. The standard InChI is InChI=1S/C10H13F3OS2.C10H13F3S2.C10H15NO2S.C10H15NOS.C9H14O2S2.C9H14OS2.C9H14S2.7C2H6/c1-4-16(14)7-5-8(10(11,12)13)15-9(7)6(2)3;1-4-14-7-5-8(10(11,12)13)15-9(7)6(2)3;1-4-14(12,13)10-7-11-6-5-9(10)8(2)3;1-4-13(12)10-7-11-6-5-9(10)8(2)3;1-4-13(10,11)8-5-6-12-9(8)7(2)3;1-4-12(10)8-5-6-11-9(8)7(2)3;1-4-10-8-5-6-11-9(8)7(2)3;7*1-2/h5-6H,4H2,1-3H3;5-6H,4H2,1-3H3;5-8H,4H2,1-3H3;5-8H,4H2,1-3H3;5-7H,4H2,1-3H3;5-7H,4H2,1-3H3;5-7H,4H2,1-3H3;7*1-2H3. The van der Waals surface area contributed by atoms with Gasteiger partial charge in [0.1, 0.15) is 9.75 Å². The first-order valence-corrected chi connectivity index (χ1v) is 51.6. The van der Waals surface area contributed by atoms with Gasteiger partial charge in [0.25, 0.3) is 0 Å².